The second kappa shape index (κ2) is 3.38. The summed E-state index contributed by atoms with van der Waals surface area (Å²) in [7, 11) is 0. The molecule has 13 heavy (non-hydrogen) atoms. The van der Waals surface area contributed by atoms with Crippen LogP contribution >= 0.6 is 0 Å². The van der Waals surface area contributed by atoms with Gasteiger partial charge in [0.25, 0.3) is 0 Å². The van der Waals surface area contributed by atoms with Gasteiger partial charge in [0.15, 0.2) is 5.75 Å². The Morgan fingerprint density at radius 3 is 3.00 bits per heavy atom. The van der Waals surface area contributed by atoms with Gasteiger partial charge in [0.2, 0.25) is 0 Å². The number of aliphatic hydroxyl groups is 1. The zero-order valence-electron chi connectivity index (χ0n) is 7.68. The van der Waals surface area contributed by atoms with E-state index in [0.717, 1.165) is 25.1 Å². The third kappa shape index (κ3) is 1.83. The molecule has 0 aliphatic heterocycles. The first kappa shape index (κ1) is 8.56. The molecule has 1 aromatic rings. The number of aliphatic hydroxyl groups excluding tert-OH is 1. The van der Waals surface area contributed by atoms with E-state index in [0.29, 0.717) is 0 Å². The Hall–Kier alpha value is -1.03. The fraction of sp³-hybridized carbons (Fsp3) is 0.667. The van der Waals surface area contributed by atoms with E-state index in [1.807, 2.05) is 17.8 Å². The maximum absolute atomic E-state index is 9.05. The minimum absolute atomic E-state index is 0.161. The van der Waals surface area contributed by atoms with Gasteiger partial charge in [0.1, 0.15) is 6.10 Å². The van der Waals surface area contributed by atoms with Gasteiger partial charge in [-0.1, -0.05) is 0 Å². The summed E-state index contributed by atoms with van der Waals surface area (Å²) in [6, 6.07) is 0. The normalized spacial score (nSPS) is 26.9. The molecule has 1 aromatic heterocycles. The lowest BCUT2D eigenvalue weighted by Gasteiger charge is -2.30. The van der Waals surface area contributed by atoms with Crippen molar-refractivity contribution in [2.45, 2.75) is 38.5 Å². The van der Waals surface area contributed by atoms with Crippen molar-refractivity contribution < 1.29 is 9.84 Å². The molecule has 0 spiro atoms. The molecule has 0 atom stereocenters. The lowest BCUT2D eigenvalue weighted by molar-refractivity contribution is -0.0108. The van der Waals surface area contributed by atoms with Crippen LogP contribution < -0.4 is 4.74 Å². The van der Waals surface area contributed by atoms with Gasteiger partial charge < -0.3 is 9.84 Å². The Morgan fingerprint density at radius 2 is 2.46 bits per heavy atom. The van der Waals surface area contributed by atoms with Gasteiger partial charge in [0, 0.05) is 19.4 Å². The summed E-state index contributed by atoms with van der Waals surface area (Å²) < 4.78 is 7.38. The Labute approximate surface area is 77.1 Å². The third-order valence-corrected chi connectivity index (χ3v) is 2.31. The highest BCUT2D eigenvalue weighted by Crippen LogP contribution is 2.25. The predicted octanol–water partition coefficient (Wildman–Crippen LogP) is 0.805. The molecule has 4 heteroatoms. The molecule has 0 saturated heterocycles. The van der Waals surface area contributed by atoms with Crippen LogP contribution in [0.5, 0.6) is 5.75 Å². The van der Waals surface area contributed by atoms with Crippen molar-refractivity contribution in [2.24, 2.45) is 0 Å². The molecule has 1 heterocycles. The van der Waals surface area contributed by atoms with Crippen LogP contribution in [0.1, 0.15) is 19.8 Å². The van der Waals surface area contributed by atoms with E-state index >= 15 is 0 Å². The summed E-state index contributed by atoms with van der Waals surface area (Å²) in [5.74, 6) is 0.804. The van der Waals surface area contributed by atoms with Crippen molar-refractivity contribution >= 4 is 0 Å². The Kier molecular flexibility index (Phi) is 2.22. The largest absolute Gasteiger partial charge is 0.487 e. The SMILES string of the molecule is CCn1cc(OC2CC(O)C2)cn1. The van der Waals surface area contributed by atoms with E-state index in [2.05, 4.69) is 5.10 Å². The molecule has 4 nitrogen and oxygen atoms in total. The predicted molar refractivity (Wildman–Crippen MR) is 47.6 cm³/mol. The van der Waals surface area contributed by atoms with E-state index in [9.17, 15) is 0 Å². The Morgan fingerprint density at radius 1 is 1.69 bits per heavy atom. The van der Waals surface area contributed by atoms with Crippen LogP contribution in [0.4, 0.5) is 0 Å². The average molecular weight is 182 g/mol. The molecule has 2 rings (SSSR count). The molecule has 1 aliphatic carbocycles. The second-order valence-corrected chi connectivity index (χ2v) is 3.40. The second-order valence-electron chi connectivity index (χ2n) is 3.40. The number of hydrogen-bond acceptors (Lipinski definition) is 3. The Bertz CT molecular complexity index is 279. The van der Waals surface area contributed by atoms with Gasteiger partial charge in [-0.3, -0.25) is 4.68 Å². The van der Waals surface area contributed by atoms with Gasteiger partial charge in [-0.2, -0.15) is 5.10 Å². The highest BCUT2D eigenvalue weighted by molar-refractivity contribution is 5.12. The monoisotopic (exact) mass is 182 g/mol. The molecule has 0 radical (unpaired) electrons. The first-order valence-corrected chi connectivity index (χ1v) is 4.65. The molecule has 1 aliphatic rings. The fourth-order valence-electron chi connectivity index (χ4n) is 1.40. The number of aromatic nitrogens is 2. The van der Waals surface area contributed by atoms with Gasteiger partial charge in [-0.15, -0.1) is 0 Å². The zero-order chi connectivity index (χ0) is 9.26. The summed E-state index contributed by atoms with van der Waals surface area (Å²) >= 11 is 0. The molecule has 0 unspecified atom stereocenters. The maximum Gasteiger partial charge on any atom is 0.157 e. The van der Waals surface area contributed by atoms with Crippen LogP contribution in [0.25, 0.3) is 0 Å². The quantitative estimate of drug-likeness (QED) is 0.752. The molecule has 0 amide bonds. The fourth-order valence-corrected chi connectivity index (χ4v) is 1.40. The topological polar surface area (TPSA) is 47.3 Å². The van der Waals surface area contributed by atoms with Gasteiger partial charge >= 0.3 is 0 Å². The molecular weight excluding hydrogens is 168 g/mol. The summed E-state index contributed by atoms with van der Waals surface area (Å²) in [5, 5.41) is 13.1. The van der Waals surface area contributed by atoms with Gasteiger partial charge in [0.05, 0.1) is 18.5 Å². The molecule has 1 N–H and O–H groups in total. The first-order chi connectivity index (χ1) is 6.28. The molecule has 1 fully saturated rings. The van der Waals surface area contributed by atoms with Gasteiger partial charge in [-0.05, 0) is 6.92 Å². The summed E-state index contributed by atoms with van der Waals surface area (Å²) in [6.45, 7) is 2.89. The lowest BCUT2D eigenvalue weighted by Crippen LogP contribution is -2.37. The van der Waals surface area contributed by atoms with Crippen LogP contribution in [0.2, 0.25) is 0 Å². The average Bonchev–Trinajstić information content (AvgIpc) is 2.50. The van der Waals surface area contributed by atoms with E-state index < -0.39 is 0 Å². The maximum atomic E-state index is 9.05. The number of ether oxygens (including phenoxy) is 1. The minimum atomic E-state index is -0.161. The van der Waals surface area contributed by atoms with Crippen LogP contribution in [-0.2, 0) is 6.54 Å². The molecule has 0 bridgehead atoms. The van der Waals surface area contributed by atoms with Crippen LogP contribution in [0.15, 0.2) is 12.4 Å². The van der Waals surface area contributed by atoms with Gasteiger partial charge in [-0.25, -0.2) is 0 Å². The van der Waals surface area contributed by atoms with E-state index in [-0.39, 0.29) is 12.2 Å². The molecule has 0 aromatic carbocycles. The first-order valence-electron chi connectivity index (χ1n) is 4.65. The number of nitrogens with zero attached hydrogens (tertiary/aromatic N) is 2. The highest BCUT2D eigenvalue weighted by atomic mass is 16.5. The number of rotatable bonds is 3. The van der Waals surface area contributed by atoms with E-state index in [1.54, 1.807) is 6.20 Å². The van der Waals surface area contributed by atoms with Crippen LogP contribution in [0, 0.1) is 0 Å². The number of hydrogen-bond donors (Lipinski definition) is 1. The lowest BCUT2D eigenvalue weighted by atomic mass is 9.92. The van der Waals surface area contributed by atoms with Crippen LogP contribution in [0.3, 0.4) is 0 Å². The summed E-state index contributed by atoms with van der Waals surface area (Å²) in [6.07, 6.45) is 5.11. The van der Waals surface area contributed by atoms with Crippen LogP contribution in [-0.4, -0.2) is 27.1 Å². The Balaban J connectivity index is 1.87. The molecule has 72 valence electrons. The molecular formula is C9H14N2O2. The third-order valence-electron chi connectivity index (χ3n) is 2.31. The van der Waals surface area contributed by atoms with E-state index in [4.69, 9.17) is 9.84 Å². The summed E-state index contributed by atoms with van der Waals surface area (Å²) in [4.78, 5) is 0. The van der Waals surface area contributed by atoms with Crippen molar-refractivity contribution in [3.8, 4) is 5.75 Å². The standard InChI is InChI=1S/C9H14N2O2/c1-2-11-6-9(5-10-11)13-8-3-7(12)4-8/h5-8,12H,2-4H2,1H3. The van der Waals surface area contributed by atoms with Crippen molar-refractivity contribution in [3.05, 3.63) is 12.4 Å². The number of aryl methyl sites for hydroxylation is 1. The van der Waals surface area contributed by atoms with Crippen molar-refractivity contribution in [1.82, 2.24) is 9.78 Å². The van der Waals surface area contributed by atoms with Crippen molar-refractivity contribution in [1.29, 1.82) is 0 Å². The van der Waals surface area contributed by atoms with Crippen molar-refractivity contribution in [3.63, 3.8) is 0 Å². The van der Waals surface area contributed by atoms with Crippen molar-refractivity contribution in [2.75, 3.05) is 0 Å². The minimum Gasteiger partial charge on any atom is -0.487 e. The zero-order valence-corrected chi connectivity index (χ0v) is 7.68. The summed E-state index contributed by atoms with van der Waals surface area (Å²) in [5.41, 5.74) is 0. The smallest absolute Gasteiger partial charge is 0.157 e. The molecule has 1 saturated carbocycles. The highest BCUT2D eigenvalue weighted by Gasteiger charge is 2.29. The van der Waals surface area contributed by atoms with E-state index in [1.165, 1.54) is 0 Å².